The molecule has 0 aliphatic carbocycles. The van der Waals surface area contributed by atoms with Crippen LogP contribution in [0, 0.1) is 0 Å². The van der Waals surface area contributed by atoms with Gasteiger partial charge in [-0.25, -0.2) is 0 Å². The van der Waals surface area contributed by atoms with Gasteiger partial charge in [-0.3, -0.25) is 9.59 Å². The Labute approximate surface area is 130 Å². The van der Waals surface area contributed by atoms with E-state index in [1.807, 2.05) is 12.1 Å². The number of hydrogen-bond acceptors (Lipinski definition) is 5. The molecule has 1 aliphatic heterocycles. The first-order chi connectivity index (χ1) is 10.6. The van der Waals surface area contributed by atoms with E-state index in [0.29, 0.717) is 18.7 Å². The normalized spacial score (nSPS) is 16.2. The number of hydrogen-bond donors (Lipinski definition) is 3. The number of benzene rings is 1. The Morgan fingerprint density at radius 1 is 1.36 bits per heavy atom. The molecule has 6 nitrogen and oxygen atoms in total. The van der Waals surface area contributed by atoms with Crippen LogP contribution in [0.1, 0.15) is 30.6 Å². The molecule has 1 heterocycles. The van der Waals surface area contributed by atoms with Gasteiger partial charge in [-0.05, 0) is 24.6 Å². The molecule has 1 atom stereocenters. The first kappa shape index (κ1) is 16.3. The standard InChI is InChI=1S/C16H23N3O3/c1-3-13-9-19-14-8-12(4-5-16(14)22-13)15(21)10-17-6-7-18-11(2)20/h4-5,8,13,17,19H,3,6-7,9-10H2,1-2H3,(H,18,20). The van der Waals surface area contributed by atoms with Crippen LogP contribution < -0.4 is 20.7 Å². The second-order valence-electron chi connectivity index (χ2n) is 5.32. The molecule has 120 valence electrons. The number of rotatable bonds is 7. The molecule has 3 N–H and O–H groups in total. The lowest BCUT2D eigenvalue weighted by Gasteiger charge is -2.26. The molecule has 22 heavy (non-hydrogen) atoms. The molecule has 6 heteroatoms. The Morgan fingerprint density at radius 3 is 2.91 bits per heavy atom. The van der Waals surface area contributed by atoms with Gasteiger partial charge in [-0.1, -0.05) is 6.92 Å². The van der Waals surface area contributed by atoms with Crippen LogP contribution in [0.25, 0.3) is 0 Å². The van der Waals surface area contributed by atoms with Crippen LogP contribution in [0.15, 0.2) is 18.2 Å². The zero-order valence-corrected chi connectivity index (χ0v) is 13.1. The van der Waals surface area contributed by atoms with Crippen molar-refractivity contribution in [3.8, 4) is 5.75 Å². The first-order valence-corrected chi connectivity index (χ1v) is 7.63. The highest BCUT2D eigenvalue weighted by molar-refractivity contribution is 5.98. The predicted molar refractivity (Wildman–Crippen MR) is 85.5 cm³/mol. The highest BCUT2D eigenvalue weighted by atomic mass is 16.5. The molecular formula is C16H23N3O3. The second kappa shape index (κ2) is 7.79. The van der Waals surface area contributed by atoms with Gasteiger partial charge in [0.1, 0.15) is 11.9 Å². The number of anilines is 1. The highest BCUT2D eigenvalue weighted by Gasteiger charge is 2.18. The fourth-order valence-electron chi connectivity index (χ4n) is 2.25. The summed E-state index contributed by atoms with van der Waals surface area (Å²) in [4.78, 5) is 22.8. The molecule has 0 saturated carbocycles. The maximum atomic E-state index is 12.1. The van der Waals surface area contributed by atoms with Gasteiger partial charge < -0.3 is 20.7 Å². The van der Waals surface area contributed by atoms with Crippen molar-refractivity contribution in [3.63, 3.8) is 0 Å². The topological polar surface area (TPSA) is 79.5 Å². The van der Waals surface area contributed by atoms with E-state index in [1.165, 1.54) is 6.92 Å². The Morgan fingerprint density at radius 2 is 2.18 bits per heavy atom. The molecular weight excluding hydrogens is 282 g/mol. The summed E-state index contributed by atoms with van der Waals surface area (Å²) in [5, 5.41) is 8.99. The number of Topliss-reactive ketones (excluding diaryl/α,β-unsaturated/α-hetero) is 1. The van der Waals surface area contributed by atoms with Crippen LogP contribution >= 0.6 is 0 Å². The smallest absolute Gasteiger partial charge is 0.216 e. The van der Waals surface area contributed by atoms with Crippen molar-refractivity contribution in [1.29, 1.82) is 0 Å². The number of carbonyl (C=O) groups excluding carboxylic acids is 2. The molecule has 0 radical (unpaired) electrons. The van der Waals surface area contributed by atoms with Crippen LogP contribution in [0.2, 0.25) is 0 Å². The Kier molecular flexibility index (Phi) is 5.77. The van der Waals surface area contributed by atoms with Crippen molar-refractivity contribution in [1.82, 2.24) is 10.6 Å². The minimum atomic E-state index is -0.0701. The zero-order valence-electron chi connectivity index (χ0n) is 13.1. The second-order valence-corrected chi connectivity index (χ2v) is 5.32. The van der Waals surface area contributed by atoms with E-state index in [-0.39, 0.29) is 24.3 Å². The van der Waals surface area contributed by atoms with Gasteiger partial charge in [-0.2, -0.15) is 0 Å². The molecule has 0 aromatic heterocycles. The average Bonchev–Trinajstić information content (AvgIpc) is 2.53. The summed E-state index contributed by atoms with van der Waals surface area (Å²) >= 11 is 0. The number of fused-ring (bicyclic) bond motifs is 1. The fourth-order valence-corrected chi connectivity index (χ4v) is 2.25. The van der Waals surface area contributed by atoms with Gasteiger partial charge in [0.2, 0.25) is 5.91 Å². The average molecular weight is 305 g/mol. The lowest BCUT2D eigenvalue weighted by Crippen LogP contribution is -2.33. The Bertz CT molecular complexity index is 545. The van der Waals surface area contributed by atoms with Crippen molar-refractivity contribution in [3.05, 3.63) is 23.8 Å². The lowest BCUT2D eigenvalue weighted by atomic mass is 10.1. The molecule has 0 fully saturated rings. The van der Waals surface area contributed by atoms with E-state index in [0.717, 1.165) is 24.4 Å². The SMILES string of the molecule is CCC1CNc2cc(C(=O)CNCCNC(C)=O)ccc2O1. The number of carbonyl (C=O) groups is 2. The van der Waals surface area contributed by atoms with Crippen molar-refractivity contribution >= 4 is 17.4 Å². The van der Waals surface area contributed by atoms with E-state index < -0.39 is 0 Å². The van der Waals surface area contributed by atoms with Crippen molar-refractivity contribution in [2.24, 2.45) is 0 Å². The van der Waals surface area contributed by atoms with Gasteiger partial charge >= 0.3 is 0 Å². The summed E-state index contributed by atoms with van der Waals surface area (Å²) in [6.45, 7) is 5.64. The molecule has 1 aromatic carbocycles. The first-order valence-electron chi connectivity index (χ1n) is 7.63. The van der Waals surface area contributed by atoms with Gasteiger partial charge in [0.25, 0.3) is 0 Å². The molecule has 1 amide bonds. The fraction of sp³-hybridized carbons (Fsp3) is 0.500. The number of nitrogens with one attached hydrogen (secondary N) is 3. The molecule has 0 spiro atoms. The van der Waals surface area contributed by atoms with Crippen LogP contribution in [0.3, 0.4) is 0 Å². The van der Waals surface area contributed by atoms with Gasteiger partial charge in [-0.15, -0.1) is 0 Å². The predicted octanol–water partition coefficient (Wildman–Crippen LogP) is 1.18. The van der Waals surface area contributed by atoms with E-state index in [9.17, 15) is 9.59 Å². The summed E-state index contributed by atoms with van der Waals surface area (Å²) in [6.07, 6.45) is 1.13. The van der Waals surface area contributed by atoms with Crippen molar-refractivity contribution < 1.29 is 14.3 Å². The minimum Gasteiger partial charge on any atom is -0.486 e. The maximum absolute atomic E-state index is 12.1. The summed E-state index contributed by atoms with van der Waals surface area (Å²) in [6, 6.07) is 5.46. The Hall–Kier alpha value is -2.08. The monoisotopic (exact) mass is 305 g/mol. The molecule has 1 aliphatic rings. The molecule has 0 saturated heterocycles. The van der Waals surface area contributed by atoms with Crippen LogP contribution in [0.4, 0.5) is 5.69 Å². The van der Waals surface area contributed by atoms with E-state index >= 15 is 0 Å². The van der Waals surface area contributed by atoms with E-state index in [2.05, 4.69) is 22.9 Å². The van der Waals surface area contributed by atoms with Crippen molar-refractivity contribution in [2.45, 2.75) is 26.4 Å². The summed E-state index contributed by atoms with van der Waals surface area (Å²) in [7, 11) is 0. The largest absolute Gasteiger partial charge is 0.486 e. The molecule has 1 unspecified atom stereocenters. The van der Waals surface area contributed by atoms with Crippen LogP contribution in [-0.4, -0.2) is 44.0 Å². The quantitative estimate of drug-likeness (QED) is 0.521. The molecule has 1 aromatic rings. The zero-order chi connectivity index (χ0) is 15.9. The maximum Gasteiger partial charge on any atom is 0.216 e. The van der Waals surface area contributed by atoms with Crippen molar-refractivity contribution in [2.75, 3.05) is 31.5 Å². The van der Waals surface area contributed by atoms with Crippen LogP contribution in [-0.2, 0) is 4.79 Å². The molecule has 0 bridgehead atoms. The summed E-state index contributed by atoms with van der Waals surface area (Å²) in [5.74, 6) is 0.748. The molecule has 2 rings (SSSR count). The van der Waals surface area contributed by atoms with Crippen LogP contribution in [0.5, 0.6) is 5.75 Å². The van der Waals surface area contributed by atoms with Gasteiger partial charge in [0.15, 0.2) is 5.78 Å². The van der Waals surface area contributed by atoms with E-state index in [1.54, 1.807) is 6.07 Å². The minimum absolute atomic E-state index is 0.0186. The third kappa shape index (κ3) is 4.46. The highest BCUT2D eigenvalue weighted by Crippen LogP contribution is 2.30. The van der Waals surface area contributed by atoms with E-state index in [4.69, 9.17) is 4.74 Å². The third-order valence-electron chi connectivity index (χ3n) is 3.53. The number of ether oxygens (including phenoxy) is 1. The number of ketones is 1. The summed E-state index contributed by atoms with van der Waals surface area (Å²) < 4.78 is 5.82. The lowest BCUT2D eigenvalue weighted by molar-refractivity contribution is -0.118. The Balaban J connectivity index is 1.85. The van der Waals surface area contributed by atoms with Gasteiger partial charge in [0.05, 0.1) is 18.8 Å². The summed E-state index contributed by atoms with van der Waals surface area (Å²) in [5.41, 5.74) is 1.52. The number of amides is 1. The third-order valence-corrected chi connectivity index (χ3v) is 3.53. The van der Waals surface area contributed by atoms with Gasteiger partial charge in [0, 0.05) is 25.6 Å².